The molecule has 14 heavy (non-hydrogen) atoms. The molecular formula is C9H11BrN2OS. The Morgan fingerprint density at radius 3 is 2.93 bits per heavy atom. The van der Waals surface area contributed by atoms with Gasteiger partial charge in [0.05, 0.1) is 6.61 Å². The Morgan fingerprint density at radius 2 is 2.29 bits per heavy atom. The number of aliphatic hydroxyl groups excluding tert-OH is 1. The summed E-state index contributed by atoms with van der Waals surface area (Å²) in [5, 5.41) is 14.9. The molecule has 5 heteroatoms. The second kappa shape index (κ2) is 5.95. The SMILES string of the molecule is OCCNC(=S)Nc1cccc(Br)c1. The first-order chi connectivity index (χ1) is 6.72. The number of anilines is 1. The molecule has 0 spiro atoms. The second-order valence-electron chi connectivity index (χ2n) is 2.61. The smallest absolute Gasteiger partial charge is 0.170 e. The fourth-order valence-electron chi connectivity index (χ4n) is 0.911. The van der Waals surface area contributed by atoms with E-state index in [0.717, 1.165) is 10.2 Å². The van der Waals surface area contributed by atoms with Crippen molar-refractivity contribution in [2.24, 2.45) is 0 Å². The molecule has 0 radical (unpaired) electrons. The topological polar surface area (TPSA) is 44.3 Å². The fraction of sp³-hybridized carbons (Fsp3) is 0.222. The highest BCUT2D eigenvalue weighted by Gasteiger charge is 1.96. The minimum Gasteiger partial charge on any atom is -0.395 e. The highest BCUT2D eigenvalue weighted by Crippen LogP contribution is 2.15. The standard InChI is InChI=1S/C9H11BrN2OS/c10-7-2-1-3-8(6-7)12-9(14)11-4-5-13/h1-3,6,13H,4-5H2,(H2,11,12,14). The van der Waals surface area contributed by atoms with Gasteiger partial charge < -0.3 is 15.7 Å². The first kappa shape index (κ1) is 11.4. The highest BCUT2D eigenvalue weighted by atomic mass is 79.9. The zero-order valence-corrected chi connectivity index (χ0v) is 9.86. The van der Waals surface area contributed by atoms with E-state index in [9.17, 15) is 0 Å². The van der Waals surface area contributed by atoms with Crippen LogP contribution in [0.3, 0.4) is 0 Å². The van der Waals surface area contributed by atoms with Gasteiger partial charge in [-0.15, -0.1) is 0 Å². The third-order valence-electron chi connectivity index (χ3n) is 1.48. The number of nitrogens with one attached hydrogen (secondary N) is 2. The van der Waals surface area contributed by atoms with E-state index in [4.69, 9.17) is 17.3 Å². The second-order valence-corrected chi connectivity index (χ2v) is 3.94. The van der Waals surface area contributed by atoms with E-state index in [2.05, 4.69) is 26.6 Å². The van der Waals surface area contributed by atoms with Crippen molar-refractivity contribution in [2.75, 3.05) is 18.5 Å². The number of halogens is 1. The summed E-state index contributed by atoms with van der Waals surface area (Å²) in [7, 11) is 0. The Morgan fingerprint density at radius 1 is 1.50 bits per heavy atom. The normalized spacial score (nSPS) is 9.57. The van der Waals surface area contributed by atoms with Crippen LogP contribution in [0.4, 0.5) is 5.69 Å². The molecule has 1 aromatic carbocycles. The lowest BCUT2D eigenvalue weighted by atomic mass is 10.3. The lowest BCUT2D eigenvalue weighted by Crippen LogP contribution is -2.30. The Kier molecular flexibility index (Phi) is 4.86. The largest absolute Gasteiger partial charge is 0.395 e. The van der Waals surface area contributed by atoms with Crippen molar-refractivity contribution in [1.82, 2.24) is 5.32 Å². The molecule has 0 fully saturated rings. The van der Waals surface area contributed by atoms with Crippen LogP contribution in [0.25, 0.3) is 0 Å². The molecular weight excluding hydrogens is 264 g/mol. The van der Waals surface area contributed by atoms with Crippen molar-refractivity contribution in [3.05, 3.63) is 28.7 Å². The van der Waals surface area contributed by atoms with E-state index in [-0.39, 0.29) is 6.61 Å². The zero-order valence-electron chi connectivity index (χ0n) is 7.46. The van der Waals surface area contributed by atoms with E-state index in [1.807, 2.05) is 24.3 Å². The van der Waals surface area contributed by atoms with Crippen LogP contribution in [0, 0.1) is 0 Å². The zero-order chi connectivity index (χ0) is 10.4. The number of hydrogen-bond acceptors (Lipinski definition) is 2. The number of rotatable bonds is 3. The maximum absolute atomic E-state index is 8.57. The minimum absolute atomic E-state index is 0.0697. The summed E-state index contributed by atoms with van der Waals surface area (Å²) >= 11 is 8.36. The molecule has 0 aromatic heterocycles. The van der Waals surface area contributed by atoms with Crippen molar-refractivity contribution < 1.29 is 5.11 Å². The van der Waals surface area contributed by atoms with Crippen LogP contribution in [0.2, 0.25) is 0 Å². The summed E-state index contributed by atoms with van der Waals surface area (Å²) in [6.07, 6.45) is 0. The number of aliphatic hydroxyl groups is 1. The van der Waals surface area contributed by atoms with Gasteiger partial charge in [0.2, 0.25) is 0 Å². The van der Waals surface area contributed by atoms with Crippen LogP contribution in [0.15, 0.2) is 28.7 Å². The van der Waals surface area contributed by atoms with Gasteiger partial charge in [-0.2, -0.15) is 0 Å². The molecule has 1 aromatic rings. The highest BCUT2D eigenvalue weighted by molar-refractivity contribution is 9.10. The molecule has 0 unspecified atom stereocenters. The summed E-state index contributed by atoms with van der Waals surface area (Å²) in [6, 6.07) is 7.70. The van der Waals surface area contributed by atoms with Crippen LogP contribution < -0.4 is 10.6 Å². The summed E-state index contributed by atoms with van der Waals surface area (Å²) < 4.78 is 0.993. The minimum atomic E-state index is 0.0697. The molecule has 0 bridgehead atoms. The third-order valence-corrected chi connectivity index (χ3v) is 2.22. The van der Waals surface area contributed by atoms with Crippen molar-refractivity contribution in [2.45, 2.75) is 0 Å². The number of benzene rings is 1. The van der Waals surface area contributed by atoms with E-state index < -0.39 is 0 Å². The molecule has 76 valence electrons. The van der Waals surface area contributed by atoms with E-state index in [1.54, 1.807) is 0 Å². The summed E-state index contributed by atoms with van der Waals surface area (Å²) in [5.74, 6) is 0. The van der Waals surface area contributed by atoms with E-state index >= 15 is 0 Å². The van der Waals surface area contributed by atoms with Gasteiger partial charge in [0.15, 0.2) is 5.11 Å². The summed E-state index contributed by atoms with van der Waals surface area (Å²) in [5.41, 5.74) is 0.912. The number of thiocarbonyl (C=S) groups is 1. The van der Waals surface area contributed by atoms with Crippen LogP contribution in [-0.2, 0) is 0 Å². The van der Waals surface area contributed by atoms with Crippen LogP contribution in [0.5, 0.6) is 0 Å². The first-order valence-electron chi connectivity index (χ1n) is 4.13. The van der Waals surface area contributed by atoms with Gasteiger partial charge in [-0.25, -0.2) is 0 Å². The van der Waals surface area contributed by atoms with Gasteiger partial charge in [0.1, 0.15) is 0 Å². The Hall–Kier alpha value is -0.650. The van der Waals surface area contributed by atoms with E-state index in [1.165, 1.54) is 0 Å². The molecule has 0 amide bonds. The van der Waals surface area contributed by atoms with Gasteiger partial charge in [0, 0.05) is 16.7 Å². The fourth-order valence-corrected chi connectivity index (χ4v) is 1.53. The molecule has 0 aliphatic carbocycles. The molecule has 3 N–H and O–H groups in total. The lowest BCUT2D eigenvalue weighted by molar-refractivity contribution is 0.301. The summed E-state index contributed by atoms with van der Waals surface area (Å²) in [6.45, 7) is 0.528. The maximum Gasteiger partial charge on any atom is 0.170 e. The van der Waals surface area contributed by atoms with Crippen LogP contribution >= 0.6 is 28.1 Å². The number of hydrogen-bond donors (Lipinski definition) is 3. The predicted octanol–water partition coefficient (Wildman–Crippen LogP) is 1.73. The van der Waals surface area contributed by atoms with E-state index in [0.29, 0.717) is 11.7 Å². The van der Waals surface area contributed by atoms with Gasteiger partial charge in [0.25, 0.3) is 0 Å². The van der Waals surface area contributed by atoms with Gasteiger partial charge >= 0.3 is 0 Å². The van der Waals surface area contributed by atoms with Crippen molar-refractivity contribution in [3.63, 3.8) is 0 Å². The molecule has 0 aliphatic rings. The Balaban J connectivity index is 2.47. The molecule has 1 rings (SSSR count). The lowest BCUT2D eigenvalue weighted by Gasteiger charge is -2.09. The monoisotopic (exact) mass is 274 g/mol. The summed E-state index contributed by atoms with van der Waals surface area (Å²) in [4.78, 5) is 0. The Labute approximate surface area is 96.6 Å². The van der Waals surface area contributed by atoms with Gasteiger partial charge in [-0.1, -0.05) is 22.0 Å². The van der Waals surface area contributed by atoms with Gasteiger partial charge in [-0.3, -0.25) is 0 Å². The predicted molar refractivity (Wildman–Crippen MR) is 65.5 cm³/mol. The van der Waals surface area contributed by atoms with Crippen molar-refractivity contribution in [1.29, 1.82) is 0 Å². The molecule has 0 aliphatic heterocycles. The molecule has 0 heterocycles. The van der Waals surface area contributed by atoms with Crippen molar-refractivity contribution in [3.8, 4) is 0 Å². The van der Waals surface area contributed by atoms with Crippen LogP contribution in [-0.4, -0.2) is 23.4 Å². The maximum atomic E-state index is 8.57. The average Bonchev–Trinajstić information content (AvgIpc) is 2.15. The molecule has 0 saturated heterocycles. The van der Waals surface area contributed by atoms with Crippen LogP contribution in [0.1, 0.15) is 0 Å². The first-order valence-corrected chi connectivity index (χ1v) is 5.34. The van der Waals surface area contributed by atoms with Gasteiger partial charge in [-0.05, 0) is 30.4 Å². The molecule has 3 nitrogen and oxygen atoms in total. The van der Waals surface area contributed by atoms with Crippen molar-refractivity contribution >= 4 is 38.9 Å². The quantitative estimate of drug-likeness (QED) is 0.735. The third kappa shape index (κ3) is 4.04. The Bertz CT molecular complexity index is 319. The average molecular weight is 275 g/mol. The molecule has 0 saturated carbocycles. The molecule has 0 atom stereocenters.